The molecule has 0 saturated heterocycles. The molecule has 0 spiro atoms. The number of unbranched alkanes of at least 4 members (excludes halogenated alkanes) is 1. The summed E-state index contributed by atoms with van der Waals surface area (Å²) in [5, 5.41) is 6.42. The summed E-state index contributed by atoms with van der Waals surface area (Å²) >= 11 is 0. The molecule has 1 aliphatic rings. The Kier molecular flexibility index (Phi) is 6.18. The maximum Gasteiger partial charge on any atom is 0.221 e. The van der Waals surface area contributed by atoms with E-state index >= 15 is 0 Å². The zero-order valence-electron chi connectivity index (χ0n) is 12.7. The minimum absolute atomic E-state index is 0.123. The van der Waals surface area contributed by atoms with Gasteiger partial charge in [0.25, 0.3) is 0 Å². The minimum atomic E-state index is -0.211. The van der Waals surface area contributed by atoms with E-state index in [1.165, 1.54) is 12.1 Å². The maximum atomic E-state index is 13.0. The summed E-state index contributed by atoms with van der Waals surface area (Å²) in [6.45, 7) is 2.81. The summed E-state index contributed by atoms with van der Waals surface area (Å²) in [4.78, 5) is 11.7. The van der Waals surface area contributed by atoms with Gasteiger partial charge in [-0.1, -0.05) is 31.9 Å². The Hall–Kier alpha value is -1.42. The van der Waals surface area contributed by atoms with Crippen molar-refractivity contribution in [3.63, 3.8) is 0 Å². The second-order valence-electron chi connectivity index (χ2n) is 5.79. The number of halogens is 1. The second-order valence-corrected chi connectivity index (χ2v) is 5.79. The molecule has 0 bridgehead atoms. The number of hydrogen-bond donors (Lipinski definition) is 2. The van der Waals surface area contributed by atoms with Crippen LogP contribution in [-0.4, -0.2) is 18.5 Å². The largest absolute Gasteiger partial charge is 0.353 e. The molecule has 1 atom stereocenters. The summed E-state index contributed by atoms with van der Waals surface area (Å²) in [5.41, 5.74) is 1.09. The highest BCUT2D eigenvalue weighted by molar-refractivity contribution is 5.76. The number of benzene rings is 1. The zero-order chi connectivity index (χ0) is 15.1. The Labute approximate surface area is 126 Å². The smallest absolute Gasteiger partial charge is 0.221 e. The van der Waals surface area contributed by atoms with Gasteiger partial charge >= 0.3 is 0 Å². The van der Waals surface area contributed by atoms with Crippen molar-refractivity contribution >= 4 is 5.91 Å². The van der Waals surface area contributed by atoms with Crippen LogP contribution in [0.4, 0.5) is 4.39 Å². The molecule has 116 valence electrons. The van der Waals surface area contributed by atoms with Crippen molar-refractivity contribution in [2.75, 3.05) is 6.54 Å². The van der Waals surface area contributed by atoms with Gasteiger partial charge in [-0.15, -0.1) is 0 Å². The van der Waals surface area contributed by atoms with Gasteiger partial charge in [-0.05, 0) is 37.0 Å². The highest BCUT2D eigenvalue weighted by atomic mass is 19.1. The van der Waals surface area contributed by atoms with E-state index in [1.54, 1.807) is 0 Å². The van der Waals surface area contributed by atoms with Crippen molar-refractivity contribution in [2.24, 2.45) is 0 Å². The first-order valence-corrected chi connectivity index (χ1v) is 7.97. The molecule has 3 nitrogen and oxygen atoms in total. The molecule has 21 heavy (non-hydrogen) atoms. The molecule has 1 unspecified atom stereocenters. The molecule has 2 N–H and O–H groups in total. The Morgan fingerprint density at radius 2 is 2.05 bits per heavy atom. The van der Waals surface area contributed by atoms with Crippen LogP contribution in [0, 0.1) is 5.82 Å². The summed E-state index contributed by atoms with van der Waals surface area (Å²) in [6, 6.07) is 7.26. The molecule has 0 heterocycles. The lowest BCUT2D eigenvalue weighted by atomic mass is 10.0. The van der Waals surface area contributed by atoms with Gasteiger partial charge in [0.05, 0.1) is 0 Å². The number of rotatable bonds is 9. The molecule has 0 radical (unpaired) electrons. The monoisotopic (exact) mass is 292 g/mol. The van der Waals surface area contributed by atoms with Crippen molar-refractivity contribution in [1.82, 2.24) is 10.6 Å². The third kappa shape index (κ3) is 5.84. The number of hydrogen-bond acceptors (Lipinski definition) is 2. The standard InChI is InChI=1S/C17H25FN2O/c1-2-3-4-16(13-5-7-14(18)8-6-13)19-12-11-17(21)20-15-9-10-15/h5-8,15-16,19H,2-4,9-12H2,1H3,(H,20,21). The number of amides is 1. The van der Waals surface area contributed by atoms with Gasteiger partial charge in [0.15, 0.2) is 0 Å². The Balaban J connectivity index is 1.80. The van der Waals surface area contributed by atoms with E-state index < -0.39 is 0 Å². The van der Waals surface area contributed by atoms with Gasteiger partial charge < -0.3 is 10.6 Å². The molecule has 0 aromatic heterocycles. The van der Waals surface area contributed by atoms with E-state index in [4.69, 9.17) is 0 Å². The molecule has 1 aromatic carbocycles. The predicted molar refractivity (Wildman–Crippen MR) is 82.5 cm³/mol. The lowest BCUT2D eigenvalue weighted by molar-refractivity contribution is -0.121. The molecule has 4 heteroatoms. The fraction of sp³-hybridized carbons (Fsp3) is 0.588. The Bertz CT molecular complexity index is 443. The quantitative estimate of drug-likeness (QED) is 0.733. The van der Waals surface area contributed by atoms with Crippen LogP contribution in [-0.2, 0) is 4.79 Å². The topological polar surface area (TPSA) is 41.1 Å². The first kappa shape index (κ1) is 16.0. The first-order chi connectivity index (χ1) is 10.2. The molecule has 0 aliphatic heterocycles. The Morgan fingerprint density at radius 1 is 1.33 bits per heavy atom. The second kappa shape index (κ2) is 8.13. The van der Waals surface area contributed by atoms with Crippen molar-refractivity contribution in [3.8, 4) is 0 Å². The van der Waals surface area contributed by atoms with Crippen molar-refractivity contribution < 1.29 is 9.18 Å². The third-order valence-electron chi connectivity index (χ3n) is 3.80. The van der Waals surface area contributed by atoms with Crippen LogP contribution < -0.4 is 10.6 Å². The molecule has 1 aromatic rings. The van der Waals surface area contributed by atoms with Crippen LogP contribution in [0.1, 0.15) is 57.1 Å². The number of carbonyl (C=O) groups is 1. The van der Waals surface area contributed by atoms with Gasteiger partial charge in [0.2, 0.25) is 5.91 Å². The van der Waals surface area contributed by atoms with Gasteiger partial charge in [-0.2, -0.15) is 0 Å². The molecule has 1 saturated carbocycles. The summed E-state index contributed by atoms with van der Waals surface area (Å²) in [6.07, 6.45) is 5.99. The van der Waals surface area contributed by atoms with E-state index in [2.05, 4.69) is 17.6 Å². The molecule has 1 fully saturated rings. The summed E-state index contributed by atoms with van der Waals surface area (Å²) < 4.78 is 13.0. The maximum absolute atomic E-state index is 13.0. The van der Waals surface area contributed by atoms with Crippen molar-refractivity contribution in [2.45, 2.75) is 57.5 Å². The number of nitrogens with one attached hydrogen (secondary N) is 2. The van der Waals surface area contributed by atoms with Crippen LogP contribution in [0.25, 0.3) is 0 Å². The van der Waals surface area contributed by atoms with Crippen LogP contribution in [0.2, 0.25) is 0 Å². The van der Waals surface area contributed by atoms with Crippen LogP contribution in [0.5, 0.6) is 0 Å². The summed E-state index contributed by atoms with van der Waals surface area (Å²) in [7, 11) is 0. The molecule has 1 amide bonds. The zero-order valence-corrected chi connectivity index (χ0v) is 12.7. The van der Waals surface area contributed by atoms with E-state index in [0.717, 1.165) is 37.7 Å². The van der Waals surface area contributed by atoms with Crippen molar-refractivity contribution in [1.29, 1.82) is 0 Å². The fourth-order valence-corrected chi connectivity index (χ4v) is 2.38. The molecular formula is C17H25FN2O. The van der Waals surface area contributed by atoms with Crippen LogP contribution in [0.15, 0.2) is 24.3 Å². The Morgan fingerprint density at radius 3 is 2.67 bits per heavy atom. The average Bonchev–Trinajstić information content (AvgIpc) is 3.27. The first-order valence-electron chi connectivity index (χ1n) is 7.97. The normalized spacial score (nSPS) is 15.7. The average molecular weight is 292 g/mol. The van der Waals surface area contributed by atoms with Gasteiger partial charge in [-0.3, -0.25) is 4.79 Å². The van der Waals surface area contributed by atoms with E-state index in [0.29, 0.717) is 19.0 Å². The van der Waals surface area contributed by atoms with E-state index in [1.807, 2.05) is 12.1 Å². The predicted octanol–water partition coefficient (Wildman–Crippen LogP) is 3.32. The van der Waals surface area contributed by atoms with Gasteiger partial charge in [-0.25, -0.2) is 4.39 Å². The third-order valence-corrected chi connectivity index (χ3v) is 3.80. The highest BCUT2D eigenvalue weighted by Crippen LogP contribution is 2.20. The fourth-order valence-electron chi connectivity index (χ4n) is 2.38. The minimum Gasteiger partial charge on any atom is -0.353 e. The van der Waals surface area contributed by atoms with Crippen LogP contribution in [0.3, 0.4) is 0 Å². The van der Waals surface area contributed by atoms with Gasteiger partial charge in [0.1, 0.15) is 5.82 Å². The number of carbonyl (C=O) groups excluding carboxylic acids is 1. The molecular weight excluding hydrogens is 267 g/mol. The van der Waals surface area contributed by atoms with E-state index in [9.17, 15) is 9.18 Å². The highest BCUT2D eigenvalue weighted by Gasteiger charge is 2.22. The lowest BCUT2D eigenvalue weighted by Crippen LogP contribution is -2.30. The molecule has 2 rings (SSSR count). The SMILES string of the molecule is CCCCC(NCCC(=O)NC1CC1)c1ccc(F)cc1. The summed E-state index contributed by atoms with van der Waals surface area (Å²) in [5.74, 6) is -0.0878. The van der Waals surface area contributed by atoms with Gasteiger partial charge in [0, 0.05) is 25.0 Å². The lowest BCUT2D eigenvalue weighted by Gasteiger charge is -2.19. The van der Waals surface area contributed by atoms with Crippen LogP contribution >= 0.6 is 0 Å². The van der Waals surface area contributed by atoms with Crippen molar-refractivity contribution in [3.05, 3.63) is 35.6 Å². The van der Waals surface area contributed by atoms with E-state index in [-0.39, 0.29) is 17.8 Å². The molecule has 1 aliphatic carbocycles.